The van der Waals surface area contributed by atoms with Gasteiger partial charge in [0.2, 0.25) is 0 Å². The molecule has 2 heterocycles. The molecule has 0 radical (unpaired) electrons. The number of rotatable bonds is 3. The highest BCUT2D eigenvalue weighted by Gasteiger charge is 2.13. The maximum absolute atomic E-state index is 13.8. The first kappa shape index (κ1) is 15.4. The van der Waals surface area contributed by atoms with Crippen molar-refractivity contribution in [2.24, 2.45) is 0 Å². The topological polar surface area (TPSA) is 30.7 Å². The Hall–Kier alpha value is -3.15. The Morgan fingerprint density at radius 2 is 1.64 bits per heavy atom. The van der Waals surface area contributed by atoms with Crippen molar-refractivity contribution in [2.45, 2.75) is 6.54 Å². The second-order valence-corrected chi connectivity index (χ2v) is 5.68. The van der Waals surface area contributed by atoms with Crippen molar-refractivity contribution < 1.29 is 13.2 Å². The molecule has 0 saturated carbocycles. The first-order valence-corrected chi connectivity index (χ1v) is 7.62. The number of pyridine rings is 1. The van der Waals surface area contributed by atoms with Crippen LogP contribution in [0.25, 0.3) is 22.8 Å². The molecule has 2 aromatic rings. The fourth-order valence-corrected chi connectivity index (χ4v) is 2.65. The molecule has 0 amide bonds. The number of aromatic nitrogens is 3. The third-order valence-corrected chi connectivity index (χ3v) is 3.88. The molecule has 124 valence electrons. The zero-order valence-corrected chi connectivity index (χ0v) is 13.0. The van der Waals surface area contributed by atoms with Crippen molar-refractivity contribution in [3.63, 3.8) is 0 Å². The van der Waals surface area contributed by atoms with E-state index in [1.807, 2.05) is 0 Å². The Morgan fingerprint density at radius 3 is 2.44 bits per heavy atom. The minimum absolute atomic E-state index is 0.240. The van der Waals surface area contributed by atoms with Crippen LogP contribution < -0.4 is 0 Å². The smallest absolute Gasteiger partial charge is 0.160 e. The van der Waals surface area contributed by atoms with Crippen molar-refractivity contribution in [2.75, 3.05) is 0 Å². The number of hydrogen-bond donors (Lipinski definition) is 0. The molecule has 0 spiro atoms. The fraction of sp³-hybridized carbons (Fsp3) is 0.0526. The van der Waals surface area contributed by atoms with Gasteiger partial charge in [0.15, 0.2) is 5.82 Å². The molecule has 0 aromatic heterocycles. The predicted octanol–water partition coefficient (Wildman–Crippen LogP) is 4.52. The van der Waals surface area contributed by atoms with E-state index in [1.165, 1.54) is 24.3 Å². The normalized spacial score (nSPS) is 11.2. The van der Waals surface area contributed by atoms with Gasteiger partial charge in [0.05, 0.1) is 5.69 Å². The number of halogens is 3. The highest BCUT2D eigenvalue weighted by atomic mass is 19.1. The summed E-state index contributed by atoms with van der Waals surface area (Å²) < 4.78 is 41.9. The number of fused-ring (bicyclic) bond motifs is 1. The minimum atomic E-state index is -0.608. The number of nitrogens with zero attached hydrogens (tertiary/aromatic N) is 3. The van der Waals surface area contributed by atoms with Crippen molar-refractivity contribution >= 4 is 0 Å². The zero-order valence-electron chi connectivity index (χ0n) is 13.0. The third-order valence-electron chi connectivity index (χ3n) is 3.88. The summed E-state index contributed by atoms with van der Waals surface area (Å²) in [4.78, 5) is 8.80. The van der Waals surface area contributed by atoms with Crippen molar-refractivity contribution in [3.05, 3.63) is 83.9 Å². The van der Waals surface area contributed by atoms with Crippen LogP contribution in [0.2, 0.25) is 0 Å². The SMILES string of the molecule is Fc1cccc(-c2nc3ccn(Cc4ccc(F)cc4F)cc-3n2)c1. The van der Waals surface area contributed by atoms with Gasteiger partial charge in [-0.05, 0) is 24.3 Å². The Bertz CT molecular complexity index is 1030. The maximum atomic E-state index is 13.8. The summed E-state index contributed by atoms with van der Waals surface area (Å²) in [5.74, 6) is -1.13. The van der Waals surface area contributed by atoms with Crippen LogP contribution in [0.1, 0.15) is 5.56 Å². The van der Waals surface area contributed by atoms with E-state index in [-0.39, 0.29) is 12.4 Å². The highest BCUT2D eigenvalue weighted by Crippen LogP contribution is 2.25. The Kier molecular flexibility index (Phi) is 3.72. The molecule has 2 aliphatic rings. The molecule has 0 fully saturated rings. The number of hydrogen-bond acceptors (Lipinski definition) is 2. The summed E-state index contributed by atoms with van der Waals surface area (Å²) >= 11 is 0. The highest BCUT2D eigenvalue weighted by molar-refractivity contribution is 5.65. The molecule has 2 aliphatic heterocycles. The van der Waals surface area contributed by atoms with Crippen LogP contribution in [0.4, 0.5) is 13.2 Å². The lowest BCUT2D eigenvalue weighted by Crippen LogP contribution is -2.03. The lowest BCUT2D eigenvalue weighted by Gasteiger charge is -2.09. The van der Waals surface area contributed by atoms with Gasteiger partial charge < -0.3 is 4.57 Å². The first-order chi connectivity index (χ1) is 12.1. The van der Waals surface area contributed by atoms with E-state index in [9.17, 15) is 13.2 Å². The second-order valence-electron chi connectivity index (χ2n) is 5.68. The van der Waals surface area contributed by atoms with E-state index >= 15 is 0 Å². The first-order valence-electron chi connectivity index (χ1n) is 7.62. The number of benzene rings is 2. The predicted molar refractivity (Wildman–Crippen MR) is 87.5 cm³/mol. The van der Waals surface area contributed by atoms with Gasteiger partial charge >= 0.3 is 0 Å². The van der Waals surface area contributed by atoms with E-state index < -0.39 is 11.6 Å². The van der Waals surface area contributed by atoms with E-state index in [0.717, 1.165) is 6.07 Å². The lowest BCUT2D eigenvalue weighted by atomic mass is 10.2. The molecule has 0 N–H and O–H groups in total. The molecular formula is C19H12F3N3. The molecule has 0 bridgehead atoms. The standard InChI is InChI=1S/C19H12F3N3/c20-14-3-1-2-12(8-14)19-23-17-6-7-25(11-18(17)24-19)10-13-4-5-15(21)9-16(13)22/h1-9,11H,10H2. The summed E-state index contributed by atoms with van der Waals surface area (Å²) in [6, 6.07) is 11.3. The quantitative estimate of drug-likeness (QED) is 0.550. The molecule has 2 aromatic carbocycles. The average Bonchev–Trinajstić information content (AvgIpc) is 3.01. The average molecular weight is 339 g/mol. The van der Waals surface area contributed by atoms with Crippen molar-refractivity contribution in [1.29, 1.82) is 0 Å². The second kappa shape index (κ2) is 6.05. The van der Waals surface area contributed by atoms with Crippen LogP contribution in [0, 0.1) is 17.5 Å². The molecule has 25 heavy (non-hydrogen) atoms. The van der Waals surface area contributed by atoms with E-state index in [2.05, 4.69) is 9.97 Å². The largest absolute Gasteiger partial charge is 0.347 e. The molecule has 4 rings (SSSR count). The Balaban J connectivity index is 1.68. The van der Waals surface area contributed by atoms with Crippen molar-refractivity contribution in [3.8, 4) is 22.8 Å². The number of imidazole rings is 1. The third kappa shape index (κ3) is 3.10. The Morgan fingerprint density at radius 1 is 0.840 bits per heavy atom. The molecule has 0 aliphatic carbocycles. The molecule has 6 heteroatoms. The molecule has 3 nitrogen and oxygen atoms in total. The van der Waals surface area contributed by atoms with Gasteiger partial charge in [-0.1, -0.05) is 18.2 Å². The van der Waals surface area contributed by atoms with Gasteiger partial charge in [0.1, 0.15) is 23.1 Å². The molecule has 0 saturated heterocycles. The Labute approximate surface area is 141 Å². The maximum Gasteiger partial charge on any atom is 0.160 e. The van der Waals surface area contributed by atoms with Gasteiger partial charge in [-0.2, -0.15) is 0 Å². The van der Waals surface area contributed by atoms with E-state index in [0.29, 0.717) is 28.3 Å². The molecule has 0 atom stereocenters. The van der Waals surface area contributed by atoms with Gasteiger partial charge in [-0.15, -0.1) is 0 Å². The monoisotopic (exact) mass is 339 g/mol. The van der Waals surface area contributed by atoms with Crippen LogP contribution in [-0.4, -0.2) is 14.5 Å². The fourth-order valence-electron chi connectivity index (χ4n) is 2.65. The van der Waals surface area contributed by atoms with Crippen molar-refractivity contribution in [1.82, 2.24) is 14.5 Å². The van der Waals surface area contributed by atoms with Gasteiger partial charge in [-0.3, -0.25) is 0 Å². The van der Waals surface area contributed by atoms with Gasteiger partial charge in [-0.25, -0.2) is 23.1 Å². The summed E-state index contributed by atoms with van der Waals surface area (Å²) in [7, 11) is 0. The van der Waals surface area contributed by atoms with Crippen LogP contribution in [0.15, 0.2) is 60.9 Å². The summed E-state index contributed by atoms with van der Waals surface area (Å²) in [6.45, 7) is 0.240. The van der Waals surface area contributed by atoms with Gasteiger partial charge in [0.25, 0.3) is 0 Å². The van der Waals surface area contributed by atoms with E-state index in [4.69, 9.17) is 0 Å². The molecule has 0 unspecified atom stereocenters. The minimum Gasteiger partial charge on any atom is -0.347 e. The molecular weight excluding hydrogens is 327 g/mol. The van der Waals surface area contributed by atoms with Crippen LogP contribution in [0.3, 0.4) is 0 Å². The van der Waals surface area contributed by atoms with Crippen LogP contribution in [-0.2, 0) is 6.54 Å². The van der Waals surface area contributed by atoms with Crippen LogP contribution >= 0.6 is 0 Å². The zero-order chi connectivity index (χ0) is 17.4. The van der Waals surface area contributed by atoms with E-state index in [1.54, 1.807) is 35.2 Å². The summed E-state index contributed by atoms with van der Waals surface area (Å²) in [6.07, 6.45) is 3.48. The summed E-state index contributed by atoms with van der Waals surface area (Å²) in [5.41, 5.74) is 2.24. The lowest BCUT2D eigenvalue weighted by molar-refractivity contribution is 0.566. The summed E-state index contributed by atoms with van der Waals surface area (Å²) in [5, 5.41) is 0. The van der Waals surface area contributed by atoms with Crippen LogP contribution in [0.5, 0.6) is 0 Å². The van der Waals surface area contributed by atoms with Gasteiger partial charge in [0, 0.05) is 36.1 Å².